The first kappa shape index (κ1) is 25.9. The van der Waals surface area contributed by atoms with Gasteiger partial charge >= 0.3 is 6.61 Å². The van der Waals surface area contributed by atoms with Gasteiger partial charge in [0.15, 0.2) is 5.96 Å². The van der Waals surface area contributed by atoms with Crippen LogP contribution in [0.3, 0.4) is 0 Å². The average Bonchev–Trinajstić information content (AvgIpc) is 3.21. The average molecular weight is 554 g/mol. The van der Waals surface area contributed by atoms with Crippen molar-refractivity contribution in [1.82, 2.24) is 10.6 Å². The monoisotopic (exact) mass is 554 g/mol. The SMILES string of the molecule is CN=C(NCCCOC1CCOCC1)NC1CCN(c2ccccc2OC(F)F)C1.I. The van der Waals surface area contributed by atoms with E-state index in [2.05, 4.69) is 25.3 Å². The van der Waals surface area contributed by atoms with Crippen LogP contribution in [0.25, 0.3) is 0 Å². The molecule has 2 saturated heterocycles. The first-order chi connectivity index (χ1) is 14.7. The number of para-hydroxylation sites is 2. The van der Waals surface area contributed by atoms with Crippen LogP contribution in [-0.4, -0.2) is 71.2 Å². The minimum absolute atomic E-state index is 0. The Morgan fingerprint density at radius 2 is 2.03 bits per heavy atom. The molecule has 2 heterocycles. The maximum atomic E-state index is 12.7. The molecule has 1 atom stereocenters. The fourth-order valence-corrected chi connectivity index (χ4v) is 3.77. The van der Waals surface area contributed by atoms with Crippen LogP contribution >= 0.6 is 24.0 Å². The van der Waals surface area contributed by atoms with E-state index in [9.17, 15) is 8.78 Å². The highest BCUT2D eigenvalue weighted by atomic mass is 127. The van der Waals surface area contributed by atoms with E-state index in [0.717, 1.165) is 57.9 Å². The molecular weight excluding hydrogens is 521 g/mol. The number of hydrogen-bond acceptors (Lipinski definition) is 5. The standard InChI is InChI=1S/C21H32F2N4O3.HI/c1-24-21(25-10-4-12-29-17-8-13-28-14-9-17)26-16-7-11-27(15-16)18-5-2-3-6-19(18)30-20(22)23;/h2-3,5-6,16-17,20H,4,7-15H2,1H3,(H2,24,25,26);1H. The van der Waals surface area contributed by atoms with E-state index in [1.165, 1.54) is 0 Å². The summed E-state index contributed by atoms with van der Waals surface area (Å²) in [5.74, 6) is 0.949. The van der Waals surface area contributed by atoms with Crippen molar-refractivity contribution in [3.05, 3.63) is 24.3 Å². The molecule has 2 fully saturated rings. The van der Waals surface area contributed by atoms with Gasteiger partial charge in [-0.2, -0.15) is 8.78 Å². The molecule has 0 aliphatic carbocycles. The van der Waals surface area contributed by atoms with Gasteiger partial charge in [0, 0.05) is 52.5 Å². The molecule has 0 radical (unpaired) electrons. The second-order valence-corrected chi connectivity index (χ2v) is 7.46. The van der Waals surface area contributed by atoms with Crippen LogP contribution in [0.2, 0.25) is 0 Å². The third-order valence-corrected chi connectivity index (χ3v) is 5.31. The van der Waals surface area contributed by atoms with Gasteiger partial charge in [-0.05, 0) is 37.8 Å². The van der Waals surface area contributed by atoms with E-state index in [-0.39, 0.29) is 35.8 Å². The van der Waals surface area contributed by atoms with Crippen LogP contribution in [0, 0.1) is 0 Å². The molecule has 3 rings (SSSR count). The van der Waals surface area contributed by atoms with Crippen molar-refractivity contribution in [1.29, 1.82) is 0 Å². The van der Waals surface area contributed by atoms with Gasteiger partial charge in [-0.1, -0.05) is 12.1 Å². The zero-order valence-electron chi connectivity index (χ0n) is 17.9. The van der Waals surface area contributed by atoms with E-state index in [4.69, 9.17) is 9.47 Å². The van der Waals surface area contributed by atoms with Crippen molar-refractivity contribution in [3.8, 4) is 5.75 Å². The van der Waals surface area contributed by atoms with Crippen molar-refractivity contribution < 1.29 is 23.0 Å². The number of hydrogen-bond donors (Lipinski definition) is 2. The minimum Gasteiger partial charge on any atom is -0.433 e. The van der Waals surface area contributed by atoms with Gasteiger partial charge in [-0.3, -0.25) is 4.99 Å². The number of nitrogens with one attached hydrogen (secondary N) is 2. The largest absolute Gasteiger partial charge is 0.433 e. The molecular formula is C21H33F2IN4O3. The number of aliphatic imine (C=N–C) groups is 1. The van der Waals surface area contributed by atoms with Gasteiger partial charge in [-0.25, -0.2) is 0 Å². The fraction of sp³-hybridized carbons (Fsp3) is 0.667. The topological polar surface area (TPSA) is 67.4 Å². The van der Waals surface area contributed by atoms with Crippen molar-refractivity contribution >= 4 is 35.6 Å². The Balaban J connectivity index is 0.00000341. The number of anilines is 1. The molecule has 0 spiro atoms. The number of halogens is 3. The molecule has 2 N–H and O–H groups in total. The van der Waals surface area contributed by atoms with Crippen molar-refractivity contribution in [2.75, 3.05) is 51.4 Å². The van der Waals surface area contributed by atoms with Gasteiger partial charge in [0.05, 0.1) is 11.8 Å². The Morgan fingerprint density at radius 3 is 2.77 bits per heavy atom. The Morgan fingerprint density at radius 1 is 1.26 bits per heavy atom. The van der Waals surface area contributed by atoms with E-state index < -0.39 is 6.61 Å². The molecule has 10 heteroatoms. The second kappa shape index (κ2) is 13.9. The summed E-state index contributed by atoms with van der Waals surface area (Å²) >= 11 is 0. The van der Waals surface area contributed by atoms with Gasteiger partial charge in [-0.15, -0.1) is 24.0 Å². The highest BCUT2D eigenvalue weighted by Gasteiger charge is 2.26. The second-order valence-electron chi connectivity index (χ2n) is 7.46. The summed E-state index contributed by atoms with van der Waals surface area (Å²) in [5.41, 5.74) is 0.690. The molecule has 1 aromatic rings. The third-order valence-electron chi connectivity index (χ3n) is 5.31. The lowest BCUT2D eigenvalue weighted by Gasteiger charge is -2.23. The molecule has 31 heavy (non-hydrogen) atoms. The Kier molecular flexibility index (Phi) is 11.6. The summed E-state index contributed by atoms with van der Waals surface area (Å²) in [4.78, 5) is 6.35. The molecule has 7 nitrogen and oxygen atoms in total. The summed E-state index contributed by atoms with van der Waals surface area (Å²) in [6.07, 6.45) is 4.04. The number of benzene rings is 1. The van der Waals surface area contributed by atoms with Crippen LogP contribution in [0.15, 0.2) is 29.3 Å². The van der Waals surface area contributed by atoms with Gasteiger partial charge in [0.2, 0.25) is 0 Å². The fourth-order valence-electron chi connectivity index (χ4n) is 3.77. The van der Waals surface area contributed by atoms with Gasteiger partial charge < -0.3 is 29.7 Å². The van der Waals surface area contributed by atoms with Gasteiger partial charge in [0.1, 0.15) is 5.75 Å². The van der Waals surface area contributed by atoms with E-state index in [0.29, 0.717) is 24.9 Å². The number of rotatable bonds is 9. The predicted octanol–water partition coefficient (Wildman–Crippen LogP) is 3.24. The summed E-state index contributed by atoms with van der Waals surface area (Å²) < 4.78 is 41.2. The lowest BCUT2D eigenvalue weighted by atomic mass is 10.1. The maximum Gasteiger partial charge on any atom is 0.387 e. The van der Waals surface area contributed by atoms with Crippen LogP contribution < -0.4 is 20.3 Å². The zero-order chi connectivity index (χ0) is 21.2. The summed E-state index contributed by atoms with van der Waals surface area (Å²) in [6.45, 7) is 1.68. The van der Waals surface area contributed by atoms with Crippen molar-refractivity contribution in [2.45, 2.75) is 44.4 Å². The molecule has 0 amide bonds. The molecule has 1 aromatic carbocycles. The molecule has 0 aromatic heterocycles. The predicted molar refractivity (Wildman–Crippen MR) is 128 cm³/mol. The summed E-state index contributed by atoms with van der Waals surface area (Å²) in [7, 11) is 1.74. The van der Waals surface area contributed by atoms with Crippen molar-refractivity contribution in [2.24, 2.45) is 4.99 Å². The summed E-state index contributed by atoms with van der Waals surface area (Å²) in [5, 5.41) is 6.73. The highest BCUT2D eigenvalue weighted by Crippen LogP contribution is 2.31. The highest BCUT2D eigenvalue weighted by molar-refractivity contribution is 14.0. The number of alkyl halides is 2. The molecule has 0 bridgehead atoms. The van der Waals surface area contributed by atoms with Crippen molar-refractivity contribution in [3.63, 3.8) is 0 Å². The Hall–Kier alpha value is -1.40. The van der Waals surface area contributed by atoms with E-state index in [1.807, 2.05) is 12.1 Å². The first-order valence-corrected chi connectivity index (χ1v) is 10.6. The number of nitrogens with zero attached hydrogens (tertiary/aromatic N) is 2. The Labute approximate surface area is 199 Å². The normalized spacial score (nSPS) is 19.9. The zero-order valence-corrected chi connectivity index (χ0v) is 20.2. The molecule has 0 saturated carbocycles. The minimum atomic E-state index is -2.83. The number of ether oxygens (including phenoxy) is 3. The van der Waals surface area contributed by atoms with E-state index >= 15 is 0 Å². The van der Waals surface area contributed by atoms with E-state index in [1.54, 1.807) is 19.2 Å². The third kappa shape index (κ3) is 8.57. The van der Waals surface area contributed by atoms with Crippen LogP contribution in [0.4, 0.5) is 14.5 Å². The first-order valence-electron chi connectivity index (χ1n) is 10.6. The number of guanidine groups is 1. The maximum absolute atomic E-state index is 12.7. The molecule has 176 valence electrons. The molecule has 2 aliphatic heterocycles. The molecule has 1 unspecified atom stereocenters. The van der Waals surface area contributed by atoms with Crippen LogP contribution in [0.5, 0.6) is 5.75 Å². The molecule has 2 aliphatic rings. The smallest absolute Gasteiger partial charge is 0.387 e. The quantitative estimate of drug-likeness (QED) is 0.212. The Bertz CT molecular complexity index is 678. The lowest BCUT2D eigenvalue weighted by Crippen LogP contribution is -2.45. The van der Waals surface area contributed by atoms with Gasteiger partial charge in [0.25, 0.3) is 0 Å². The lowest BCUT2D eigenvalue weighted by molar-refractivity contribution is -0.0495. The van der Waals surface area contributed by atoms with Crippen LogP contribution in [0.1, 0.15) is 25.7 Å². The van der Waals surface area contributed by atoms with Crippen LogP contribution in [-0.2, 0) is 9.47 Å². The summed E-state index contributed by atoms with van der Waals surface area (Å²) in [6, 6.07) is 7.09.